The number of allylic oxidation sites excluding steroid dienone is 6. The van der Waals surface area contributed by atoms with Crippen molar-refractivity contribution in [3.8, 4) is 0 Å². The van der Waals surface area contributed by atoms with E-state index in [1.807, 2.05) is 0 Å². The van der Waals surface area contributed by atoms with Crippen molar-refractivity contribution >= 4 is 0 Å². The highest BCUT2D eigenvalue weighted by atomic mass is 14.3. The zero-order valence-electron chi connectivity index (χ0n) is 7.80. The van der Waals surface area contributed by atoms with Crippen LogP contribution in [0.25, 0.3) is 0 Å². The second-order valence-electron chi connectivity index (χ2n) is 3.83. The number of hydrogen-bond acceptors (Lipinski definition) is 0. The third-order valence-corrected chi connectivity index (χ3v) is 2.66. The molecule has 62 valence electrons. The summed E-state index contributed by atoms with van der Waals surface area (Å²) < 4.78 is 0. The normalized spacial score (nSPS) is 26.3. The van der Waals surface area contributed by atoms with Gasteiger partial charge in [0.1, 0.15) is 0 Å². The van der Waals surface area contributed by atoms with Crippen molar-refractivity contribution in [3.63, 3.8) is 0 Å². The van der Waals surface area contributed by atoms with Gasteiger partial charge in [0.25, 0.3) is 0 Å². The van der Waals surface area contributed by atoms with Gasteiger partial charge in [-0.2, -0.15) is 0 Å². The van der Waals surface area contributed by atoms with Crippen LogP contribution in [0.15, 0.2) is 34.9 Å². The first-order chi connectivity index (χ1) is 5.77. The second kappa shape index (κ2) is 2.85. The lowest BCUT2D eigenvalue weighted by molar-refractivity contribution is 0.987. The van der Waals surface area contributed by atoms with Gasteiger partial charge in [-0.1, -0.05) is 0 Å². The summed E-state index contributed by atoms with van der Waals surface area (Å²) in [5, 5.41) is 0. The summed E-state index contributed by atoms with van der Waals surface area (Å²) in [5.41, 5.74) is 4.39. The third kappa shape index (κ3) is 1.47. The van der Waals surface area contributed by atoms with Crippen molar-refractivity contribution in [3.05, 3.63) is 41.4 Å². The van der Waals surface area contributed by atoms with E-state index in [0.29, 0.717) is 0 Å². The van der Waals surface area contributed by atoms with E-state index in [9.17, 15) is 0 Å². The zero-order chi connectivity index (χ0) is 8.55. The van der Waals surface area contributed by atoms with Crippen LogP contribution in [0.4, 0.5) is 0 Å². The van der Waals surface area contributed by atoms with E-state index in [1.54, 1.807) is 5.57 Å². The first kappa shape index (κ1) is 7.72. The second-order valence-corrected chi connectivity index (χ2v) is 3.83. The van der Waals surface area contributed by atoms with Crippen LogP contribution in [0.3, 0.4) is 0 Å². The first-order valence-electron chi connectivity index (χ1n) is 4.68. The van der Waals surface area contributed by atoms with Gasteiger partial charge in [-0.05, 0) is 26.7 Å². The summed E-state index contributed by atoms with van der Waals surface area (Å²) in [5.74, 6) is 0.895. The molecule has 0 atom stereocenters. The molecule has 2 aliphatic rings. The van der Waals surface area contributed by atoms with Crippen molar-refractivity contribution in [1.82, 2.24) is 0 Å². The maximum atomic E-state index is 2.29. The summed E-state index contributed by atoms with van der Waals surface area (Å²) >= 11 is 0. The largest absolute Gasteiger partial charge is 0.0950 e. The Morgan fingerprint density at radius 3 is 2.83 bits per heavy atom. The molecule has 0 radical (unpaired) electrons. The van der Waals surface area contributed by atoms with Crippen LogP contribution >= 0.6 is 0 Å². The minimum atomic E-state index is 0.895. The molecule has 2 aliphatic carbocycles. The predicted octanol–water partition coefficient (Wildman–Crippen LogP) is 3.43. The minimum Gasteiger partial charge on any atom is -0.0366 e. The minimum absolute atomic E-state index is 0.895. The lowest BCUT2D eigenvalue weighted by atomic mass is 9.96. The molecule has 0 aromatic carbocycles. The van der Waals surface area contributed by atoms with Gasteiger partial charge in [0.05, 0.1) is 5.57 Å². The first-order valence-corrected chi connectivity index (χ1v) is 4.68. The van der Waals surface area contributed by atoms with Crippen LogP contribution < -0.4 is 0 Å². The van der Waals surface area contributed by atoms with Gasteiger partial charge in [0.15, 0.2) is 0 Å². The zero-order valence-corrected chi connectivity index (χ0v) is 7.80. The molecule has 0 spiro atoms. The van der Waals surface area contributed by atoms with Gasteiger partial charge in [-0.3, -0.25) is 0 Å². The molecular weight excluding hydrogens is 144 g/mol. The Labute approximate surface area is 74.7 Å². The molecule has 1 fully saturated rings. The molecule has 0 aliphatic heterocycles. The van der Waals surface area contributed by atoms with Crippen LogP contribution in [-0.4, -0.2) is 0 Å². The average Bonchev–Trinajstić information content (AvgIpc) is 2.85. The maximum Gasteiger partial charge on any atom is 0.0950 e. The highest BCUT2D eigenvalue weighted by Gasteiger charge is 2.28. The summed E-state index contributed by atoms with van der Waals surface area (Å²) in [6, 6.07) is 0. The van der Waals surface area contributed by atoms with Crippen molar-refractivity contribution in [2.75, 3.05) is 0 Å². The molecule has 12 heavy (non-hydrogen) atoms. The Hall–Kier alpha value is -0.910. The highest BCUT2D eigenvalue weighted by Crippen LogP contribution is 2.39. The van der Waals surface area contributed by atoms with E-state index in [0.717, 1.165) is 5.92 Å². The molecule has 0 aromatic heterocycles. The van der Waals surface area contributed by atoms with Crippen molar-refractivity contribution in [2.45, 2.75) is 26.7 Å². The highest BCUT2D eigenvalue weighted by molar-refractivity contribution is 5.46. The fourth-order valence-electron chi connectivity index (χ4n) is 1.64. The van der Waals surface area contributed by atoms with Gasteiger partial charge in [-0.25, -0.2) is 0 Å². The molecule has 1 saturated carbocycles. The monoisotopic (exact) mass is 159 g/mol. The van der Waals surface area contributed by atoms with E-state index >= 15 is 0 Å². The lowest BCUT2D eigenvalue weighted by Gasteiger charge is -2.01. The molecule has 0 bridgehead atoms. The Morgan fingerprint density at radius 1 is 1.50 bits per heavy atom. The quantitative estimate of drug-likeness (QED) is 0.514. The Morgan fingerprint density at radius 2 is 2.25 bits per heavy atom. The molecule has 0 nitrogen and oxygen atoms in total. The molecule has 0 unspecified atom stereocenters. The average molecular weight is 159 g/mol. The molecular formula is C12H15+. The summed E-state index contributed by atoms with van der Waals surface area (Å²) in [6.45, 7) is 4.43. The van der Waals surface area contributed by atoms with E-state index in [-0.39, 0.29) is 0 Å². The molecule has 0 amide bonds. The van der Waals surface area contributed by atoms with E-state index in [4.69, 9.17) is 0 Å². The van der Waals surface area contributed by atoms with Gasteiger partial charge < -0.3 is 0 Å². The lowest BCUT2D eigenvalue weighted by Crippen LogP contribution is -1.92. The molecule has 0 heterocycles. The van der Waals surface area contributed by atoms with E-state index < -0.39 is 0 Å². The van der Waals surface area contributed by atoms with Gasteiger partial charge in [-0.15, -0.1) is 0 Å². The molecule has 0 heteroatoms. The standard InChI is InChI=1S/C12H15/c1-9-4-3-5-12(8-9)10(2)11-6-7-11/h3-5,8,11H,6-7H2,1-2H3/q+1/b12-10+. The smallest absolute Gasteiger partial charge is 0.0366 e. The Balaban J connectivity index is 2.23. The van der Waals surface area contributed by atoms with Crippen LogP contribution in [0.1, 0.15) is 26.7 Å². The van der Waals surface area contributed by atoms with Crippen LogP contribution in [0, 0.1) is 12.3 Å². The summed E-state index contributed by atoms with van der Waals surface area (Å²) in [6.07, 6.45) is 11.6. The van der Waals surface area contributed by atoms with Gasteiger partial charge in [0.2, 0.25) is 0 Å². The van der Waals surface area contributed by atoms with Crippen molar-refractivity contribution in [1.29, 1.82) is 0 Å². The van der Waals surface area contributed by atoms with Crippen LogP contribution in [-0.2, 0) is 0 Å². The van der Waals surface area contributed by atoms with Gasteiger partial charge in [0, 0.05) is 41.7 Å². The van der Waals surface area contributed by atoms with Crippen molar-refractivity contribution in [2.24, 2.45) is 5.92 Å². The topological polar surface area (TPSA) is 0 Å². The van der Waals surface area contributed by atoms with Gasteiger partial charge >= 0.3 is 0 Å². The number of rotatable bonds is 1. The molecule has 0 aromatic rings. The maximum absolute atomic E-state index is 2.29. The molecule has 2 rings (SSSR count). The molecule has 0 N–H and O–H groups in total. The van der Waals surface area contributed by atoms with E-state index in [1.165, 1.54) is 24.0 Å². The Bertz CT molecular complexity index is 272. The summed E-state index contributed by atoms with van der Waals surface area (Å²) in [7, 11) is 0. The van der Waals surface area contributed by atoms with Crippen LogP contribution in [0.2, 0.25) is 0 Å². The molecule has 0 saturated heterocycles. The van der Waals surface area contributed by atoms with Crippen molar-refractivity contribution < 1.29 is 0 Å². The van der Waals surface area contributed by atoms with Crippen LogP contribution in [0.5, 0.6) is 0 Å². The predicted molar refractivity (Wildman–Crippen MR) is 52.6 cm³/mol. The fraction of sp³-hybridized carbons (Fsp3) is 0.417. The van der Waals surface area contributed by atoms with E-state index in [2.05, 4.69) is 38.5 Å². The summed E-state index contributed by atoms with van der Waals surface area (Å²) in [4.78, 5) is 0. The fourth-order valence-corrected chi connectivity index (χ4v) is 1.64. The SMILES string of the molecule is CC1=C/C(=C(\C)C2CC2)[CH+]C=C1. The third-order valence-electron chi connectivity index (χ3n) is 2.66. The Kier molecular flexibility index (Phi) is 1.84. The number of hydrogen-bond donors (Lipinski definition) is 0.